The van der Waals surface area contributed by atoms with Gasteiger partial charge in [-0.05, 0) is 18.1 Å². The highest BCUT2D eigenvalue weighted by atomic mass is 16.2. The van der Waals surface area contributed by atoms with Crippen LogP contribution < -0.4 is 10.6 Å². The molecule has 0 saturated carbocycles. The summed E-state index contributed by atoms with van der Waals surface area (Å²) >= 11 is 0. The molecule has 1 aliphatic heterocycles. The van der Waals surface area contributed by atoms with Crippen molar-refractivity contribution in [1.82, 2.24) is 15.2 Å². The van der Waals surface area contributed by atoms with Crippen LogP contribution in [0.1, 0.15) is 31.1 Å². The van der Waals surface area contributed by atoms with Crippen LogP contribution in [0.25, 0.3) is 0 Å². The van der Waals surface area contributed by atoms with Crippen LogP contribution in [0.5, 0.6) is 0 Å². The number of carbonyl (C=O) groups excluding carboxylic acids is 2. The third kappa shape index (κ3) is 3.37. The number of hydrogen-bond acceptors (Lipinski definition) is 4. The molecule has 6 heteroatoms. The fraction of sp³-hybridized carbons (Fsp3) is 0.562. The van der Waals surface area contributed by atoms with Crippen molar-refractivity contribution in [3.05, 3.63) is 23.9 Å². The molecule has 1 saturated heterocycles. The number of likely N-dealkylation sites (tertiary alicyclic amines) is 1. The molecular formula is C16H24N4O2. The maximum absolute atomic E-state index is 12.7. The molecule has 2 N–H and O–H groups in total. The smallest absolute Gasteiger partial charge is 0.257 e. The van der Waals surface area contributed by atoms with Crippen molar-refractivity contribution in [2.24, 2.45) is 11.8 Å². The number of nitrogens with zero attached hydrogens (tertiary/aromatic N) is 2. The largest absolute Gasteiger partial charge is 0.372 e. The molecule has 1 aliphatic rings. The molecule has 0 aliphatic carbocycles. The predicted octanol–water partition coefficient (Wildman–Crippen LogP) is 1.36. The fourth-order valence-corrected chi connectivity index (χ4v) is 2.62. The molecule has 0 spiro atoms. The Bertz CT molecular complexity index is 559. The zero-order chi connectivity index (χ0) is 16.3. The van der Waals surface area contributed by atoms with E-state index in [4.69, 9.17) is 0 Å². The topological polar surface area (TPSA) is 74.3 Å². The lowest BCUT2D eigenvalue weighted by Gasteiger charge is -2.19. The number of rotatable bonds is 4. The number of anilines is 1. The Morgan fingerprint density at radius 2 is 2.09 bits per heavy atom. The lowest BCUT2D eigenvalue weighted by molar-refractivity contribution is -0.124. The van der Waals surface area contributed by atoms with Crippen molar-refractivity contribution in [2.45, 2.75) is 26.8 Å². The highest BCUT2D eigenvalue weighted by Crippen LogP contribution is 2.21. The molecule has 2 amide bonds. The molecule has 2 atom stereocenters. The van der Waals surface area contributed by atoms with Gasteiger partial charge in [-0.25, -0.2) is 4.98 Å². The van der Waals surface area contributed by atoms with E-state index >= 15 is 0 Å². The Hall–Kier alpha value is -2.11. The zero-order valence-electron chi connectivity index (χ0n) is 13.6. The van der Waals surface area contributed by atoms with Crippen LogP contribution in [0.3, 0.4) is 0 Å². The first-order chi connectivity index (χ1) is 10.4. The van der Waals surface area contributed by atoms with Gasteiger partial charge in [0, 0.05) is 32.3 Å². The zero-order valence-corrected chi connectivity index (χ0v) is 13.6. The lowest BCUT2D eigenvalue weighted by Crippen LogP contribution is -2.42. The molecule has 2 heterocycles. The van der Waals surface area contributed by atoms with Crippen LogP contribution in [0, 0.1) is 11.8 Å². The minimum absolute atomic E-state index is 0.00792. The van der Waals surface area contributed by atoms with E-state index < -0.39 is 0 Å². The van der Waals surface area contributed by atoms with Crippen LogP contribution >= 0.6 is 0 Å². The molecule has 1 fully saturated rings. The summed E-state index contributed by atoms with van der Waals surface area (Å²) in [6.07, 6.45) is 1.65. The van der Waals surface area contributed by atoms with Gasteiger partial charge < -0.3 is 15.5 Å². The molecule has 0 aromatic carbocycles. The minimum atomic E-state index is -0.0504. The van der Waals surface area contributed by atoms with Crippen molar-refractivity contribution in [3.8, 4) is 0 Å². The first-order valence-corrected chi connectivity index (χ1v) is 7.66. The van der Waals surface area contributed by atoms with E-state index in [2.05, 4.69) is 22.5 Å². The summed E-state index contributed by atoms with van der Waals surface area (Å²) in [7, 11) is 1.75. The molecule has 1 aromatic rings. The highest BCUT2D eigenvalue weighted by molar-refractivity contribution is 5.99. The number of pyridine rings is 1. The van der Waals surface area contributed by atoms with Crippen molar-refractivity contribution >= 4 is 17.6 Å². The number of nitrogens with one attached hydrogen (secondary N) is 2. The van der Waals surface area contributed by atoms with E-state index in [1.54, 1.807) is 30.3 Å². The Balaban J connectivity index is 2.08. The standard InChI is InChI=1S/C16H24N4O2/c1-10(2)15(21)19-13-9-20(8-11(13)3)16(22)12-6-5-7-18-14(12)17-4/h5-7,10-11,13H,8-9H2,1-4H3,(H,17,18)(H,19,21)/t11-,13+/m1/s1. The van der Waals surface area contributed by atoms with E-state index in [0.717, 1.165) is 0 Å². The summed E-state index contributed by atoms with van der Waals surface area (Å²) in [6.45, 7) is 6.97. The van der Waals surface area contributed by atoms with Gasteiger partial charge in [-0.3, -0.25) is 9.59 Å². The Labute approximate surface area is 131 Å². The molecule has 0 bridgehead atoms. The average Bonchev–Trinajstić information content (AvgIpc) is 2.87. The van der Waals surface area contributed by atoms with Crippen molar-refractivity contribution in [3.63, 3.8) is 0 Å². The molecule has 0 radical (unpaired) electrons. The van der Waals surface area contributed by atoms with Gasteiger partial charge in [-0.15, -0.1) is 0 Å². The fourth-order valence-electron chi connectivity index (χ4n) is 2.62. The Kier molecular flexibility index (Phi) is 5.00. The molecule has 1 aromatic heterocycles. The van der Waals surface area contributed by atoms with E-state index in [9.17, 15) is 9.59 Å². The van der Waals surface area contributed by atoms with Crippen LogP contribution in [0.4, 0.5) is 5.82 Å². The van der Waals surface area contributed by atoms with Gasteiger partial charge in [0.25, 0.3) is 5.91 Å². The van der Waals surface area contributed by atoms with Crippen LogP contribution in [0.15, 0.2) is 18.3 Å². The quantitative estimate of drug-likeness (QED) is 0.881. The molecule has 22 heavy (non-hydrogen) atoms. The molecule has 2 rings (SSSR count). The monoisotopic (exact) mass is 304 g/mol. The number of aromatic nitrogens is 1. The summed E-state index contributed by atoms with van der Waals surface area (Å²) in [6, 6.07) is 3.53. The molecular weight excluding hydrogens is 280 g/mol. The van der Waals surface area contributed by atoms with E-state index in [0.29, 0.717) is 24.5 Å². The van der Waals surface area contributed by atoms with Gasteiger partial charge >= 0.3 is 0 Å². The number of carbonyl (C=O) groups is 2. The van der Waals surface area contributed by atoms with Crippen molar-refractivity contribution < 1.29 is 9.59 Å². The summed E-state index contributed by atoms with van der Waals surface area (Å²) in [5, 5.41) is 5.97. The number of amides is 2. The SMILES string of the molecule is CNc1ncccc1C(=O)N1C[C@@H](C)[C@@H](NC(=O)C(C)C)C1. The van der Waals surface area contributed by atoms with Crippen LogP contribution in [-0.2, 0) is 4.79 Å². The van der Waals surface area contributed by atoms with Crippen LogP contribution in [0.2, 0.25) is 0 Å². The van der Waals surface area contributed by atoms with E-state index in [-0.39, 0.29) is 29.7 Å². The summed E-state index contributed by atoms with van der Waals surface area (Å²) in [5.41, 5.74) is 0.563. The minimum Gasteiger partial charge on any atom is -0.372 e. The predicted molar refractivity (Wildman–Crippen MR) is 85.6 cm³/mol. The van der Waals surface area contributed by atoms with Crippen molar-refractivity contribution in [2.75, 3.05) is 25.5 Å². The van der Waals surface area contributed by atoms with E-state index in [1.165, 1.54) is 0 Å². The molecule has 120 valence electrons. The molecule has 6 nitrogen and oxygen atoms in total. The Morgan fingerprint density at radius 3 is 2.73 bits per heavy atom. The summed E-state index contributed by atoms with van der Waals surface area (Å²) in [4.78, 5) is 30.5. The van der Waals surface area contributed by atoms with Gasteiger partial charge in [0.2, 0.25) is 5.91 Å². The second-order valence-electron chi connectivity index (χ2n) is 6.11. The van der Waals surface area contributed by atoms with Gasteiger partial charge in [0.15, 0.2) is 0 Å². The van der Waals surface area contributed by atoms with Gasteiger partial charge in [-0.2, -0.15) is 0 Å². The molecule has 0 unspecified atom stereocenters. The second kappa shape index (κ2) is 6.77. The van der Waals surface area contributed by atoms with Gasteiger partial charge in [0.05, 0.1) is 11.6 Å². The summed E-state index contributed by atoms with van der Waals surface area (Å²) in [5.74, 6) is 0.747. The van der Waals surface area contributed by atoms with Crippen LogP contribution in [-0.4, -0.2) is 47.9 Å². The summed E-state index contributed by atoms with van der Waals surface area (Å²) < 4.78 is 0. The average molecular weight is 304 g/mol. The highest BCUT2D eigenvalue weighted by Gasteiger charge is 2.34. The Morgan fingerprint density at radius 1 is 1.36 bits per heavy atom. The normalized spacial score (nSPS) is 21.0. The second-order valence-corrected chi connectivity index (χ2v) is 6.11. The number of hydrogen-bond donors (Lipinski definition) is 2. The first-order valence-electron chi connectivity index (χ1n) is 7.66. The van der Waals surface area contributed by atoms with Gasteiger partial charge in [-0.1, -0.05) is 20.8 Å². The van der Waals surface area contributed by atoms with E-state index in [1.807, 2.05) is 13.8 Å². The first kappa shape index (κ1) is 16.3. The third-order valence-corrected chi connectivity index (χ3v) is 4.03. The maximum atomic E-state index is 12.7. The maximum Gasteiger partial charge on any atom is 0.257 e. The third-order valence-electron chi connectivity index (χ3n) is 4.03. The van der Waals surface area contributed by atoms with Crippen molar-refractivity contribution in [1.29, 1.82) is 0 Å². The van der Waals surface area contributed by atoms with Gasteiger partial charge in [0.1, 0.15) is 5.82 Å². The lowest BCUT2D eigenvalue weighted by atomic mass is 10.1.